The Morgan fingerprint density at radius 1 is 1.12 bits per heavy atom. The number of benzene rings is 1. The highest BCUT2D eigenvalue weighted by Gasteiger charge is 2.30. The van der Waals surface area contributed by atoms with Crippen LogP contribution in [0, 0.1) is 6.92 Å². The number of nitrogens with zero attached hydrogens (tertiary/aromatic N) is 1. The van der Waals surface area contributed by atoms with Crippen molar-refractivity contribution < 1.29 is 14.6 Å². The van der Waals surface area contributed by atoms with Crippen molar-refractivity contribution in [1.29, 1.82) is 0 Å². The summed E-state index contributed by atoms with van der Waals surface area (Å²) in [5, 5.41) is 13.1. The average Bonchev–Trinajstić information content (AvgIpc) is 3.23. The van der Waals surface area contributed by atoms with Crippen LogP contribution in [0.2, 0.25) is 5.02 Å². The number of carboxylic acids is 1. The zero-order valence-corrected chi connectivity index (χ0v) is 20.2. The van der Waals surface area contributed by atoms with E-state index in [-0.39, 0.29) is 6.61 Å². The molecule has 1 aliphatic heterocycles. The summed E-state index contributed by atoms with van der Waals surface area (Å²) in [5.74, 6) is -0.958. The van der Waals surface area contributed by atoms with Crippen LogP contribution in [0.25, 0.3) is 0 Å². The van der Waals surface area contributed by atoms with Crippen LogP contribution in [-0.2, 0) is 11.3 Å². The maximum Gasteiger partial charge on any atom is 0.314 e. The Labute approximate surface area is 197 Å². The molecule has 2 N–H and O–H groups in total. The van der Waals surface area contributed by atoms with Gasteiger partial charge in [-0.2, -0.15) is 0 Å². The average molecular weight is 461 g/mol. The lowest BCUT2D eigenvalue weighted by Crippen LogP contribution is -2.15. The van der Waals surface area contributed by atoms with Crippen molar-refractivity contribution in [3.05, 3.63) is 58.2 Å². The van der Waals surface area contributed by atoms with Gasteiger partial charge in [-0.05, 0) is 43.1 Å². The Morgan fingerprint density at radius 3 is 2.56 bits per heavy atom. The van der Waals surface area contributed by atoms with Crippen molar-refractivity contribution in [2.45, 2.75) is 77.7 Å². The number of fused-ring (bicyclic) bond motifs is 1. The maximum absolute atomic E-state index is 10.7. The maximum atomic E-state index is 10.7. The number of rotatable bonds is 12. The van der Waals surface area contributed by atoms with Crippen molar-refractivity contribution in [2.24, 2.45) is 0 Å². The lowest BCUT2D eigenvalue weighted by molar-refractivity contribution is -0.138. The van der Waals surface area contributed by atoms with Gasteiger partial charge in [0.2, 0.25) is 5.88 Å². The molecule has 0 bridgehead atoms. The number of pyridine rings is 1. The summed E-state index contributed by atoms with van der Waals surface area (Å²) >= 11 is 6.12. The van der Waals surface area contributed by atoms with Gasteiger partial charge in [-0.15, -0.1) is 0 Å². The number of ether oxygens (including phenoxy) is 1. The standard InChI is InChI=1S/C18H30ClN.C8H7NO3/c1-3-4-5-6-7-8-9-10-14-20-15-17-12-11-13-18(19)16(17)2;10-8(11)6-4-12-7-5(6)2-1-3-9-7/h11-13,20H,3-10,14-15H2,1-2H3;1-3,6H,4H2,(H,10,11). The number of carbonyl (C=O) groups is 1. The van der Waals surface area contributed by atoms with Crippen LogP contribution in [0.5, 0.6) is 5.88 Å². The summed E-state index contributed by atoms with van der Waals surface area (Å²) in [5.41, 5.74) is 3.19. The molecular weight excluding hydrogens is 424 g/mol. The molecule has 0 radical (unpaired) electrons. The van der Waals surface area contributed by atoms with Crippen LogP contribution >= 0.6 is 11.6 Å². The molecule has 2 heterocycles. The number of hydrogen-bond donors (Lipinski definition) is 2. The van der Waals surface area contributed by atoms with Crippen molar-refractivity contribution in [3.63, 3.8) is 0 Å². The van der Waals surface area contributed by atoms with Crippen molar-refractivity contribution in [2.75, 3.05) is 13.2 Å². The number of hydrogen-bond acceptors (Lipinski definition) is 4. The molecule has 1 unspecified atom stereocenters. The van der Waals surface area contributed by atoms with Gasteiger partial charge >= 0.3 is 5.97 Å². The highest BCUT2D eigenvalue weighted by molar-refractivity contribution is 6.31. The van der Waals surface area contributed by atoms with E-state index in [0.717, 1.165) is 18.1 Å². The van der Waals surface area contributed by atoms with E-state index in [2.05, 4.69) is 30.2 Å². The molecule has 0 fully saturated rings. The van der Waals surface area contributed by atoms with E-state index >= 15 is 0 Å². The van der Waals surface area contributed by atoms with Crippen LogP contribution in [0.4, 0.5) is 0 Å². The zero-order valence-electron chi connectivity index (χ0n) is 19.4. The van der Waals surface area contributed by atoms with E-state index in [1.165, 1.54) is 62.5 Å². The lowest BCUT2D eigenvalue weighted by Gasteiger charge is -2.09. The highest BCUT2D eigenvalue weighted by atomic mass is 35.5. The molecule has 176 valence electrons. The number of halogens is 1. The second kappa shape index (κ2) is 14.9. The molecule has 3 rings (SSSR count). The highest BCUT2D eigenvalue weighted by Crippen LogP contribution is 2.31. The predicted molar refractivity (Wildman–Crippen MR) is 131 cm³/mol. The van der Waals surface area contributed by atoms with E-state index in [9.17, 15) is 4.79 Å². The van der Waals surface area contributed by atoms with Gasteiger partial charge in [0.15, 0.2) is 0 Å². The SMILES string of the molecule is CCCCCCCCCCNCc1cccc(Cl)c1C.O=C(O)C1COc2ncccc21. The van der Waals surface area contributed by atoms with E-state index in [1.54, 1.807) is 18.3 Å². The van der Waals surface area contributed by atoms with E-state index in [4.69, 9.17) is 21.4 Å². The zero-order chi connectivity index (χ0) is 23.2. The normalized spacial score (nSPS) is 14.3. The summed E-state index contributed by atoms with van der Waals surface area (Å²) in [4.78, 5) is 14.6. The fourth-order valence-corrected chi connectivity index (χ4v) is 3.89. The number of unbranched alkanes of at least 4 members (excludes halogenated alkanes) is 7. The third-order valence-electron chi connectivity index (χ3n) is 5.76. The minimum atomic E-state index is -0.859. The molecule has 2 aromatic rings. The van der Waals surface area contributed by atoms with Gasteiger partial charge in [-0.25, -0.2) is 4.98 Å². The van der Waals surface area contributed by atoms with Crippen LogP contribution in [0.3, 0.4) is 0 Å². The summed E-state index contributed by atoms with van der Waals surface area (Å²) in [6, 6.07) is 9.58. The van der Waals surface area contributed by atoms with Gasteiger partial charge in [0.1, 0.15) is 12.5 Å². The van der Waals surface area contributed by atoms with Gasteiger partial charge < -0.3 is 15.2 Å². The minimum absolute atomic E-state index is 0.196. The van der Waals surface area contributed by atoms with Gasteiger partial charge in [-0.3, -0.25) is 4.79 Å². The Bertz CT molecular complexity index is 828. The molecule has 0 spiro atoms. The Morgan fingerprint density at radius 2 is 1.84 bits per heavy atom. The summed E-state index contributed by atoms with van der Waals surface area (Å²) < 4.78 is 5.08. The molecule has 0 aliphatic carbocycles. The van der Waals surface area contributed by atoms with Crippen LogP contribution in [0.15, 0.2) is 36.5 Å². The molecule has 1 aromatic heterocycles. The third-order valence-corrected chi connectivity index (χ3v) is 6.17. The smallest absolute Gasteiger partial charge is 0.314 e. The fraction of sp³-hybridized carbons (Fsp3) is 0.538. The van der Waals surface area contributed by atoms with Crippen molar-refractivity contribution in [3.8, 4) is 5.88 Å². The van der Waals surface area contributed by atoms with Gasteiger partial charge in [-0.1, -0.05) is 81.7 Å². The summed E-state index contributed by atoms with van der Waals surface area (Å²) in [7, 11) is 0. The Balaban J connectivity index is 0.000000255. The molecular formula is C26H37ClN2O3. The number of aromatic nitrogens is 1. The van der Waals surface area contributed by atoms with Gasteiger partial charge in [0.25, 0.3) is 0 Å². The first-order chi connectivity index (χ1) is 15.5. The van der Waals surface area contributed by atoms with Crippen molar-refractivity contribution in [1.82, 2.24) is 10.3 Å². The van der Waals surface area contributed by atoms with E-state index in [1.807, 2.05) is 12.1 Å². The molecule has 32 heavy (non-hydrogen) atoms. The molecule has 5 nitrogen and oxygen atoms in total. The topological polar surface area (TPSA) is 71.5 Å². The van der Waals surface area contributed by atoms with Crippen molar-refractivity contribution >= 4 is 17.6 Å². The Kier molecular flexibility index (Phi) is 12.1. The molecule has 0 saturated carbocycles. The second-order valence-corrected chi connectivity index (χ2v) is 8.68. The second-order valence-electron chi connectivity index (χ2n) is 8.28. The molecule has 0 saturated heterocycles. The first kappa shape index (κ1) is 26.1. The predicted octanol–water partition coefficient (Wildman–Crippen LogP) is 6.52. The van der Waals surface area contributed by atoms with Gasteiger partial charge in [0.05, 0.1) is 0 Å². The first-order valence-corrected chi connectivity index (χ1v) is 12.2. The molecule has 1 atom stereocenters. The third kappa shape index (κ3) is 8.79. The Hall–Kier alpha value is -2.11. The fourth-order valence-electron chi connectivity index (χ4n) is 3.70. The monoisotopic (exact) mass is 460 g/mol. The van der Waals surface area contributed by atoms with E-state index < -0.39 is 11.9 Å². The summed E-state index contributed by atoms with van der Waals surface area (Å²) in [6.45, 7) is 6.61. The summed E-state index contributed by atoms with van der Waals surface area (Å²) in [6.07, 6.45) is 12.6. The molecule has 1 aliphatic rings. The first-order valence-electron chi connectivity index (χ1n) is 11.8. The quantitative estimate of drug-likeness (QED) is 0.353. The van der Waals surface area contributed by atoms with Crippen LogP contribution in [-0.4, -0.2) is 29.2 Å². The van der Waals surface area contributed by atoms with E-state index in [0.29, 0.717) is 11.4 Å². The minimum Gasteiger partial charge on any atom is -0.481 e. The lowest BCUT2D eigenvalue weighted by atomic mass is 10.0. The molecule has 0 amide bonds. The largest absolute Gasteiger partial charge is 0.481 e. The van der Waals surface area contributed by atoms with Crippen LogP contribution in [0.1, 0.15) is 80.9 Å². The number of aliphatic carboxylic acids is 1. The number of carboxylic acid groups (broad SMARTS) is 1. The van der Waals surface area contributed by atoms with Gasteiger partial charge in [0, 0.05) is 23.3 Å². The van der Waals surface area contributed by atoms with Crippen LogP contribution < -0.4 is 10.1 Å². The molecule has 1 aromatic carbocycles. The molecule has 6 heteroatoms. The number of nitrogens with one attached hydrogen (secondary N) is 1.